The van der Waals surface area contributed by atoms with Crippen molar-refractivity contribution in [2.24, 2.45) is 11.3 Å². The van der Waals surface area contributed by atoms with E-state index in [1.54, 1.807) is 33.3 Å². The monoisotopic (exact) mass is 418 g/mol. The summed E-state index contributed by atoms with van der Waals surface area (Å²) in [5, 5.41) is 0. The summed E-state index contributed by atoms with van der Waals surface area (Å²) in [4.78, 5) is 26.5. The van der Waals surface area contributed by atoms with E-state index < -0.39 is 5.41 Å². The molecule has 0 spiro atoms. The average Bonchev–Trinajstić information content (AvgIpc) is 2.78. The van der Waals surface area contributed by atoms with E-state index in [0.29, 0.717) is 12.3 Å². The Hall–Kier alpha value is -3.14. The van der Waals surface area contributed by atoms with E-state index in [1.807, 2.05) is 48.5 Å². The van der Waals surface area contributed by atoms with E-state index >= 15 is 0 Å². The quantitative estimate of drug-likeness (QED) is 0.363. The van der Waals surface area contributed by atoms with Gasteiger partial charge in [0.25, 0.3) is 0 Å². The van der Waals surface area contributed by atoms with Gasteiger partial charge in [-0.2, -0.15) is 0 Å². The van der Waals surface area contributed by atoms with Crippen LogP contribution in [0.1, 0.15) is 43.7 Å². The van der Waals surface area contributed by atoms with Gasteiger partial charge < -0.3 is 9.47 Å². The minimum Gasteiger partial charge on any atom is -0.497 e. The molecule has 4 nitrogen and oxygen atoms in total. The molecule has 1 fully saturated rings. The summed E-state index contributed by atoms with van der Waals surface area (Å²) in [6.07, 6.45) is 10.5. The van der Waals surface area contributed by atoms with Gasteiger partial charge in [-0.15, -0.1) is 0 Å². The smallest absolute Gasteiger partial charge is 0.169 e. The summed E-state index contributed by atoms with van der Waals surface area (Å²) >= 11 is 0. The number of ketones is 2. The molecule has 0 N–H and O–H groups in total. The second-order valence-electron chi connectivity index (χ2n) is 8.28. The Morgan fingerprint density at radius 1 is 0.903 bits per heavy atom. The molecule has 31 heavy (non-hydrogen) atoms. The average molecular weight is 419 g/mol. The van der Waals surface area contributed by atoms with E-state index in [-0.39, 0.29) is 11.6 Å². The third-order valence-corrected chi connectivity index (χ3v) is 6.05. The lowest BCUT2D eigenvalue weighted by Crippen LogP contribution is -2.37. The number of ether oxygens (including phenoxy) is 2. The zero-order chi connectivity index (χ0) is 22.3. The van der Waals surface area contributed by atoms with Gasteiger partial charge in [0.1, 0.15) is 11.5 Å². The number of hydrogen-bond acceptors (Lipinski definition) is 4. The van der Waals surface area contributed by atoms with E-state index in [9.17, 15) is 9.59 Å². The Labute approximate surface area is 184 Å². The van der Waals surface area contributed by atoms with Crippen LogP contribution in [0.5, 0.6) is 11.5 Å². The molecule has 1 saturated carbocycles. The fourth-order valence-electron chi connectivity index (χ4n) is 3.80. The summed E-state index contributed by atoms with van der Waals surface area (Å²) in [7, 11) is 3.22. The lowest BCUT2D eigenvalue weighted by molar-refractivity contribution is -0.135. The van der Waals surface area contributed by atoms with Crippen LogP contribution < -0.4 is 9.47 Å². The standard InChI is InChI=1S/C27H30O4/c1-27(19-22-9-4-10-22,25(28)15-13-20-7-5-11-23(17-20)30-2)26(29)16-14-21-8-6-12-24(18-21)31-3/h5-8,11-18,22H,4,9-10,19H2,1-3H3/b15-13+,16-14+. The Balaban J connectivity index is 1.81. The normalized spacial score (nSPS) is 14.5. The van der Waals surface area contributed by atoms with E-state index in [4.69, 9.17) is 9.47 Å². The molecular weight excluding hydrogens is 388 g/mol. The lowest BCUT2D eigenvalue weighted by atomic mass is 9.68. The summed E-state index contributed by atoms with van der Waals surface area (Å²) in [6, 6.07) is 15.0. The highest BCUT2D eigenvalue weighted by Gasteiger charge is 2.41. The number of rotatable bonds is 10. The Bertz CT molecular complexity index is 913. The van der Waals surface area contributed by atoms with Crippen LogP contribution in [0.15, 0.2) is 60.7 Å². The molecule has 1 aliphatic rings. The van der Waals surface area contributed by atoms with Crippen molar-refractivity contribution < 1.29 is 19.1 Å². The molecule has 0 radical (unpaired) electrons. The zero-order valence-electron chi connectivity index (χ0n) is 18.5. The van der Waals surface area contributed by atoms with E-state index in [0.717, 1.165) is 35.5 Å². The maximum absolute atomic E-state index is 13.2. The van der Waals surface area contributed by atoms with Gasteiger partial charge in [-0.1, -0.05) is 55.7 Å². The van der Waals surface area contributed by atoms with Crippen molar-refractivity contribution in [3.8, 4) is 11.5 Å². The van der Waals surface area contributed by atoms with Gasteiger partial charge in [0.2, 0.25) is 0 Å². The third-order valence-electron chi connectivity index (χ3n) is 6.05. The SMILES string of the molecule is COc1cccc(/C=C/C(=O)C(C)(CC2CCC2)C(=O)/C=C/c2cccc(OC)c2)c1. The van der Waals surface area contributed by atoms with Crippen molar-refractivity contribution in [1.82, 2.24) is 0 Å². The molecule has 2 aromatic rings. The van der Waals surface area contributed by atoms with Crippen LogP contribution >= 0.6 is 0 Å². The van der Waals surface area contributed by atoms with Gasteiger partial charge in [0.15, 0.2) is 11.6 Å². The maximum atomic E-state index is 13.2. The molecule has 0 atom stereocenters. The topological polar surface area (TPSA) is 52.6 Å². The predicted octanol–water partition coefficient (Wildman–Crippen LogP) is 5.77. The van der Waals surface area contributed by atoms with Crippen LogP contribution in [0, 0.1) is 11.3 Å². The van der Waals surface area contributed by atoms with Crippen molar-refractivity contribution in [3.63, 3.8) is 0 Å². The molecule has 1 aliphatic carbocycles. The van der Waals surface area contributed by atoms with Crippen LogP contribution in [0.3, 0.4) is 0 Å². The van der Waals surface area contributed by atoms with Crippen LogP contribution in [0.4, 0.5) is 0 Å². The fraction of sp³-hybridized carbons (Fsp3) is 0.333. The molecule has 0 aromatic heterocycles. The third kappa shape index (κ3) is 5.72. The molecule has 162 valence electrons. The number of hydrogen-bond donors (Lipinski definition) is 0. The Kier molecular flexibility index (Phi) is 7.45. The minimum atomic E-state index is -1.07. The Morgan fingerprint density at radius 2 is 1.39 bits per heavy atom. The molecule has 0 aliphatic heterocycles. The first-order valence-electron chi connectivity index (χ1n) is 10.7. The summed E-state index contributed by atoms with van der Waals surface area (Å²) in [5.74, 6) is 1.55. The molecule has 2 aromatic carbocycles. The first-order valence-corrected chi connectivity index (χ1v) is 10.7. The number of carbonyl (C=O) groups excluding carboxylic acids is 2. The number of allylic oxidation sites excluding steroid dienone is 2. The number of methoxy groups -OCH3 is 2. The minimum absolute atomic E-state index is 0.164. The molecule has 3 rings (SSSR count). The molecule has 0 saturated heterocycles. The van der Waals surface area contributed by atoms with Crippen molar-refractivity contribution in [1.29, 1.82) is 0 Å². The molecule has 0 unspecified atom stereocenters. The lowest BCUT2D eigenvalue weighted by Gasteiger charge is -2.33. The van der Waals surface area contributed by atoms with Crippen molar-refractivity contribution >= 4 is 23.7 Å². The fourth-order valence-corrected chi connectivity index (χ4v) is 3.80. The van der Waals surface area contributed by atoms with E-state index in [1.165, 1.54) is 18.6 Å². The molecule has 0 bridgehead atoms. The zero-order valence-corrected chi connectivity index (χ0v) is 18.5. The largest absolute Gasteiger partial charge is 0.497 e. The van der Waals surface area contributed by atoms with Crippen molar-refractivity contribution in [2.75, 3.05) is 14.2 Å². The summed E-state index contributed by atoms with van der Waals surface area (Å²) in [6.45, 7) is 1.78. The van der Waals surface area contributed by atoms with Gasteiger partial charge in [0, 0.05) is 0 Å². The highest BCUT2D eigenvalue weighted by molar-refractivity contribution is 6.17. The molecule has 4 heteroatoms. The van der Waals surface area contributed by atoms with Crippen LogP contribution in [-0.2, 0) is 9.59 Å². The Morgan fingerprint density at radius 3 is 1.77 bits per heavy atom. The predicted molar refractivity (Wildman–Crippen MR) is 124 cm³/mol. The van der Waals surface area contributed by atoms with E-state index in [2.05, 4.69) is 0 Å². The van der Waals surface area contributed by atoms with Crippen molar-refractivity contribution in [2.45, 2.75) is 32.6 Å². The highest BCUT2D eigenvalue weighted by Crippen LogP contribution is 2.39. The van der Waals surface area contributed by atoms with Crippen LogP contribution in [0.2, 0.25) is 0 Å². The summed E-state index contributed by atoms with van der Waals surface area (Å²) in [5.41, 5.74) is 0.645. The molecule has 0 amide bonds. The van der Waals surface area contributed by atoms with Gasteiger partial charge >= 0.3 is 0 Å². The van der Waals surface area contributed by atoms with Gasteiger partial charge in [-0.25, -0.2) is 0 Å². The van der Waals surface area contributed by atoms with Crippen LogP contribution in [0.25, 0.3) is 12.2 Å². The molecule has 0 heterocycles. The van der Waals surface area contributed by atoms with Gasteiger partial charge in [-0.05, 0) is 66.8 Å². The summed E-state index contributed by atoms with van der Waals surface area (Å²) < 4.78 is 10.5. The first-order chi connectivity index (χ1) is 14.9. The second-order valence-corrected chi connectivity index (χ2v) is 8.28. The number of carbonyl (C=O) groups is 2. The first kappa shape index (κ1) is 22.5. The van der Waals surface area contributed by atoms with Crippen LogP contribution in [-0.4, -0.2) is 25.8 Å². The number of benzene rings is 2. The van der Waals surface area contributed by atoms with Gasteiger partial charge in [-0.3, -0.25) is 9.59 Å². The second kappa shape index (κ2) is 10.3. The highest BCUT2D eigenvalue weighted by atomic mass is 16.5. The van der Waals surface area contributed by atoms with Gasteiger partial charge in [0.05, 0.1) is 19.6 Å². The molecular formula is C27H30O4. The van der Waals surface area contributed by atoms with Crippen molar-refractivity contribution in [3.05, 3.63) is 71.8 Å². The maximum Gasteiger partial charge on any atom is 0.169 e.